The molecule has 0 atom stereocenters. The first-order valence-electron chi connectivity index (χ1n) is 12.0. The largest absolute Gasteiger partial charge is 0.496 e. The lowest BCUT2D eigenvalue weighted by molar-refractivity contribution is -0.0500. The summed E-state index contributed by atoms with van der Waals surface area (Å²) in [7, 11) is 1.63. The Labute approximate surface area is 214 Å². The number of carbonyl (C=O) groups is 2. The van der Waals surface area contributed by atoms with Crippen molar-refractivity contribution in [3.8, 4) is 11.5 Å². The molecule has 0 unspecified atom stereocenters. The van der Waals surface area contributed by atoms with Crippen LogP contribution in [-0.4, -0.2) is 48.5 Å². The Kier molecular flexibility index (Phi) is 8.01. The first-order valence-corrected chi connectivity index (χ1v) is 12.0. The third kappa shape index (κ3) is 6.22. The van der Waals surface area contributed by atoms with Crippen LogP contribution >= 0.6 is 0 Å². The Balaban J connectivity index is 1.32. The molecule has 194 valence electrons. The van der Waals surface area contributed by atoms with Gasteiger partial charge in [0.15, 0.2) is 0 Å². The number of hydrogen-bond acceptors (Lipinski definition) is 5. The zero-order valence-corrected chi connectivity index (χ0v) is 21.0. The van der Waals surface area contributed by atoms with Gasteiger partial charge in [0.05, 0.1) is 13.3 Å². The number of nitrogens with one attached hydrogen (secondary N) is 1. The molecule has 2 aromatic carbocycles. The zero-order chi connectivity index (χ0) is 26.5. The number of rotatable bonds is 7. The van der Waals surface area contributed by atoms with Gasteiger partial charge in [0, 0.05) is 24.3 Å². The average molecular weight is 510 g/mol. The molecule has 1 aliphatic heterocycles. The van der Waals surface area contributed by atoms with Gasteiger partial charge in [-0.25, -0.2) is 4.98 Å². The lowest BCUT2D eigenvalue weighted by Gasteiger charge is -2.32. The van der Waals surface area contributed by atoms with Crippen molar-refractivity contribution in [2.45, 2.75) is 39.2 Å². The molecular weight excluding hydrogens is 480 g/mol. The number of carbonyl (C=O) groups excluding carboxylic acids is 2. The zero-order valence-electron chi connectivity index (χ0n) is 21.0. The number of aromatic nitrogens is 1. The van der Waals surface area contributed by atoms with Crippen LogP contribution in [0.25, 0.3) is 0 Å². The van der Waals surface area contributed by atoms with E-state index in [2.05, 4.69) is 15.0 Å². The molecule has 0 bridgehead atoms. The van der Waals surface area contributed by atoms with Gasteiger partial charge in [-0.1, -0.05) is 12.1 Å². The van der Waals surface area contributed by atoms with Crippen LogP contribution in [0.15, 0.2) is 54.7 Å². The highest BCUT2D eigenvalue weighted by molar-refractivity contribution is 6.02. The monoisotopic (exact) mass is 509 g/mol. The summed E-state index contributed by atoms with van der Waals surface area (Å²) in [6.45, 7) is 2.28. The van der Waals surface area contributed by atoms with Crippen LogP contribution in [-0.2, 0) is 0 Å². The van der Waals surface area contributed by atoms with Crippen molar-refractivity contribution in [3.05, 3.63) is 82.7 Å². The summed E-state index contributed by atoms with van der Waals surface area (Å²) in [5.74, 6) is 0.596. The van der Waals surface area contributed by atoms with Gasteiger partial charge in [0.1, 0.15) is 17.2 Å². The predicted molar refractivity (Wildman–Crippen MR) is 136 cm³/mol. The van der Waals surface area contributed by atoms with Crippen molar-refractivity contribution in [3.63, 3.8) is 0 Å². The minimum Gasteiger partial charge on any atom is -0.496 e. The first kappa shape index (κ1) is 26.1. The number of aryl methyl sites for hydroxylation is 2. The fraction of sp³-hybridized carbons (Fsp3) is 0.321. The molecule has 0 radical (unpaired) electrons. The summed E-state index contributed by atoms with van der Waals surface area (Å²) in [5, 5.41) is 2.75. The lowest BCUT2D eigenvalue weighted by Crippen LogP contribution is -2.38. The standard InChI is InChI=1S/C28H29F2N3O4/c1-17-14-21(15-18(2)25(17)36-3)27(35)33-12-10-20(11-13-33)19-4-6-22(7-5-19)32-26(34)24-9-8-23(16-31-24)37-28(29)30/h4-9,14-16,20,28H,10-13H2,1-3H3,(H,32,34). The molecule has 4 rings (SSSR count). The van der Waals surface area contributed by atoms with Crippen molar-refractivity contribution in [2.24, 2.45) is 0 Å². The SMILES string of the molecule is COc1c(C)cc(C(=O)N2CCC(c3ccc(NC(=O)c4ccc(OC(F)F)cn4)cc3)CC2)cc1C. The summed E-state index contributed by atoms with van der Waals surface area (Å²) in [5.41, 5.74) is 4.40. The molecule has 0 aliphatic carbocycles. The van der Waals surface area contributed by atoms with E-state index in [0.29, 0.717) is 30.3 Å². The van der Waals surface area contributed by atoms with E-state index >= 15 is 0 Å². The van der Waals surface area contributed by atoms with Crippen LogP contribution in [0.4, 0.5) is 14.5 Å². The van der Waals surface area contributed by atoms with Gasteiger partial charge in [-0.3, -0.25) is 9.59 Å². The summed E-state index contributed by atoms with van der Waals surface area (Å²) in [4.78, 5) is 31.3. The Hall–Kier alpha value is -4.01. The van der Waals surface area contributed by atoms with E-state index in [1.807, 2.05) is 55.1 Å². The average Bonchev–Trinajstić information content (AvgIpc) is 2.88. The van der Waals surface area contributed by atoms with Crippen molar-refractivity contribution < 1.29 is 27.8 Å². The van der Waals surface area contributed by atoms with Gasteiger partial charge < -0.3 is 19.7 Å². The molecule has 1 saturated heterocycles. The maximum absolute atomic E-state index is 13.1. The van der Waals surface area contributed by atoms with Gasteiger partial charge in [-0.15, -0.1) is 0 Å². The summed E-state index contributed by atoms with van der Waals surface area (Å²) < 4.78 is 34.2. The van der Waals surface area contributed by atoms with Crippen LogP contribution in [0.2, 0.25) is 0 Å². The Morgan fingerprint density at radius 2 is 1.68 bits per heavy atom. The number of nitrogens with zero attached hydrogens (tertiary/aromatic N) is 2. The number of piperidine rings is 1. The van der Waals surface area contributed by atoms with Crippen LogP contribution in [0.1, 0.15) is 56.3 Å². The van der Waals surface area contributed by atoms with Gasteiger partial charge in [-0.05, 0) is 85.7 Å². The molecule has 9 heteroatoms. The molecule has 1 aromatic heterocycles. The van der Waals surface area contributed by atoms with Crippen LogP contribution in [0, 0.1) is 13.8 Å². The second kappa shape index (κ2) is 11.4. The highest BCUT2D eigenvalue weighted by Crippen LogP contribution is 2.31. The molecule has 7 nitrogen and oxygen atoms in total. The van der Waals surface area contributed by atoms with E-state index in [4.69, 9.17) is 4.74 Å². The van der Waals surface area contributed by atoms with E-state index < -0.39 is 12.5 Å². The van der Waals surface area contributed by atoms with Gasteiger partial charge in [0.2, 0.25) is 0 Å². The Morgan fingerprint density at radius 3 is 2.22 bits per heavy atom. The molecule has 0 spiro atoms. The second-order valence-electron chi connectivity index (χ2n) is 9.04. The van der Waals surface area contributed by atoms with E-state index in [1.165, 1.54) is 12.1 Å². The minimum absolute atomic E-state index is 0.0350. The number of amides is 2. The summed E-state index contributed by atoms with van der Waals surface area (Å²) >= 11 is 0. The van der Waals surface area contributed by atoms with Gasteiger partial charge in [-0.2, -0.15) is 8.78 Å². The third-order valence-electron chi connectivity index (χ3n) is 6.53. The minimum atomic E-state index is -2.95. The Bertz CT molecular complexity index is 1230. The van der Waals surface area contributed by atoms with Crippen LogP contribution in [0.3, 0.4) is 0 Å². The predicted octanol–water partition coefficient (Wildman–Crippen LogP) is 5.58. The number of benzene rings is 2. The Morgan fingerprint density at radius 1 is 1.03 bits per heavy atom. The van der Waals surface area contributed by atoms with Crippen molar-refractivity contribution >= 4 is 17.5 Å². The van der Waals surface area contributed by atoms with E-state index in [-0.39, 0.29) is 17.4 Å². The number of ether oxygens (including phenoxy) is 2. The smallest absolute Gasteiger partial charge is 0.387 e. The second-order valence-corrected chi connectivity index (χ2v) is 9.04. The van der Waals surface area contributed by atoms with Crippen molar-refractivity contribution in [1.82, 2.24) is 9.88 Å². The summed E-state index contributed by atoms with van der Waals surface area (Å²) in [6.07, 6.45) is 2.78. The summed E-state index contributed by atoms with van der Waals surface area (Å²) in [6, 6.07) is 13.9. The molecular formula is C28H29F2N3O4. The van der Waals surface area contributed by atoms with Gasteiger partial charge in [0.25, 0.3) is 11.8 Å². The normalized spacial score (nSPS) is 13.9. The number of anilines is 1. The highest BCUT2D eigenvalue weighted by atomic mass is 19.3. The molecule has 1 aliphatic rings. The number of halogens is 2. The molecule has 1 fully saturated rings. The number of alkyl halides is 2. The molecule has 3 aromatic rings. The van der Waals surface area contributed by atoms with Gasteiger partial charge >= 0.3 is 6.61 Å². The van der Waals surface area contributed by atoms with Crippen molar-refractivity contribution in [2.75, 3.05) is 25.5 Å². The number of pyridine rings is 1. The van der Waals surface area contributed by atoms with E-state index in [1.54, 1.807) is 7.11 Å². The fourth-order valence-electron chi connectivity index (χ4n) is 4.72. The number of likely N-dealkylation sites (tertiary alicyclic amines) is 1. The molecule has 37 heavy (non-hydrogen) atoms. The molecule has 2 amide bonds. The van der Waals surface area contributed by atoms with E-state index in [9.17, 15) is 18.4 Å². The highest BCUT2D eigenvalue weighted by Gasteiger charge is 2.25. The quantitative estimate of drug-likeness (QED) is 0.450. The maximum Gasteiger partial charge on any atom is 0.387 e. The molecule has 0 saturated carbocycles. The maximum atomic E-state index is 13.1. The topological polar surface area (TPSA) is 80.8 Å². The fourth-order valence-corrected chi connectivity index (χ4v) is 4.72. The third-order valence-corrected chi connectivity index (χ3v) is 6.53. The first-order chi connectivity index (χ1) is 17.7. The molecule has 2 heterocycles. The van der Waals surface area contributed by atoms with Crippen LogP contribution < -0.4 is 14.8 Å². The molecule has 1 N–H and O–H groups in total. The number of hydrogen-bond donors (Lipinski definition) is 1. The van der Waals surface area contributed by atoms with Crippen LogP contribution in [0.5, 0.6) is 11.5 Å². The van der Waals surface area contributed by atoms with E-state index in [0.717, 1.165) is 41.5 Å². The lowest BCUT2D eigenvalue weighted by atomic mass is 9.89. The van der Waals surface area contributed by atoms with Crippen molar-refractivity contribution in [1.29, 1.82) is 0 Å². The number of methoxy groups -OCH3 is 1.